The minimum Gasteiger partial charge on any atom is -0.466 e. The van der Waals surface area contributed by atoms with E-state index in [1.807, 2.05) is 6.07 Å². The molecule has 1 aromatic heterocycles. The highest BCUT2D eigenvalue weighted by Crippen LogP contribution is 2.41. The molecule has 0 unspecified atom stereocenters. The SMILES string of the molecule is COC(=O)C1=C(C(=O)OC)N(c2c(Br)cc3[nH]cnc3c2Br)COC1. The lowest BCUT2D eigenvalue weighted by atomic mass is 10.1. The van der Waals surface area contributed by atoms with Gasteiger partial charge in [-0.1, -0.05) is 0 Å². The quantitative estimate of drug-likeness (QED) is 0.683. The number of esters is 2. The van der Waals surface area contributed by atoms with Gasteiger partial charge >= 0.3 is 11.9 Å². The van der Waals surface area contributed by atoms with Crippen LogP contribution in [0.5, 0.6) is 0 Å². The molecule has 1 aromatic carbocycles. The summed E-state index contributed by atoms with van der Waals surface area (Å²) in [6.45, 7) is 0.00551. The standard InChI is InChI=1S/C15H13Br2N3O5/c1-23-14(21)7-4-25-6-20(12(7)15(22)24-2)13-8(16)3-9-11(10(13)17)19-5-18-9/h3,5H,4,6H2,1-2H3,(H,18,19). The second-order valence-electron chi connectivity index (χ2n) is 5.04. The van der Waals surface area contributed by atoms with Gasteiger partial charge in [0.15, 0.2) is 0 Å². The normalized spacial score (nSPS) is 14.8. The number of rotatable bonds is 3. The van der Waals surface area contributed by atoms with Crippen molar-refractivity contribution in [2.45, 2.75) is 0 Å². The number of nitrogens with one attached hydrogen (secondary N) is 1. The molecule has 0 amide bonds. The maximum atomic E-state index is 12.4. The number of nitrogens with zero attached hydrogens (tertiary/aromatic N) is 2. The number of H-pyrrole nitrogens is 1. The number of benzene rings is 1. The Morgan fingerprint density at radius 1 is 1.28 bits per heavy atom. The van der Waals surface area contributed by atoms with Crippen molar-refractivity contribution < 1.29 is 23.8 Å². The van der Waals surface area contributed by atoms with Crippen molar-refractivity contribution in [1.82, 2.24) is 9.97 Å². The average Bonchev–Trinajstić information content (AvgIpc) is 3.08. The molecule has 0 atom stereocenters. The molecule has 132 valence electrons. The molecule has 0 radical (unpaired) electrons. The van der Waals surface area contributed by atoms with Gasteiger partial charge in [0.05, 0.1) is 48.4 Å². The maximum absolute atomic E-state index is 12.4. The fourth-order valence-electron chi connectivity index (χ4n) is 2.57. The number of carbonyl (C=O) groups is 2. The number of aromatic amines is 1. The van der Waals surface area contributed by atoms with Crippen LogP contribution in [0, 0.1) is 0 Å². The van der Waals surface area contributed by atoms with Crippen LogP contribution in [0.4, 0.5) is 5.69 Å². The summed E-state index contributed by atoms with van der Waals surface area (Å²) in [6, 6.07) is 1.82. The topological polar surface area (TPSA) is 93.8 Å². The summed E-state index contributed by atoms with van der Waals surface area (Å²) < 4.78 is 16.4. The number of methoxy groups -OCH3 is 2. The largest absolute Gasteiger partial charge is 0.466 e. The molecule has 1 aliphatic heterocycles. The van der Waals surface area contributed by atoms with E-state index in [1.165, 1.54) is 14.2 Å². The molecule has 1 aliphatic rings. The zero-order valence-corrected chi connectivity index (χ0v) is 16.4. The molecule has 0 aliphatic carbocycles. The number of aromatic nitrogens is 2. The van der Waals surface area contributed by atoms with Gasteiger partial charge < -0.3 is 24.1 Å². The van der Waals surface area contributed by atoms with E-state index in [0.29, 0.717) is 20.1 Å². The van der Waals surface area contributed by atoms with Gasteiger partial charge in [0, 0.05) is 4.47 Å². The van der Waals surface area contributed by atoms with Crippen molar-refractivity contribution >= 4 is 60.5 Å². The van der Waals surface area contributed by atoms with Crippen LogP contribution >= 0.6 is 31.9 Å². The molecule has 8 nitrogen and oxygen atoms in total. The Morgan fingerprint density at radius 3 is 2.68 bits per heavy atom. The molecular formula is C15H13Br2N3O5. The zero-order valence-electron chi connectivity index (χ0n) is 13.3. The summed E-state index contributed by atoms with van der Waals surface area (Å²) in [5.41, 5.74) is 2.21. The van der Waals surface area contributed by atoms with Gasteiger partial charge in [-0.3, -0.25) is 0 Å². The van der Waals surface area contributed by atoms with E-state index in [1.54, 1.807) is 11.2 Å². The Balaban J connectivity index is 2.24. The molecule has 3 rings (SSSR count). The van der Waals surface area contributed by atoms with Crippen LogP contribution in [-0.4, -0.2) is 49.5 Å². The van der Waals surface area contributed by atoms with E-state index in [9.17, 15) is 9.59 Å². The molecule has 1 N–H and O–H groups in total. The van der Waals surface area contributed by atoms with E-state index in [4.69, 9.17) is 14.2 Å². The van der Waals surface area contributed by atoms with Crippen molar-refractivity contribution in [2.24, 2.45) is 0 Å². The van der Waals surface area contributed by atoms with Crippen LogP contribution in [-0.2, 0) is 23.8 Å². The van der Waals surface area contributed by atoms with Gasteiger partial charge in [0.1, 0.15) is 17.9 Å². The summed E-state index contributed by atoms with van der Waals surface area (Å²) in [6.07, 6.45) is 1.56. The third-order valence-electron chi connectivity index (χ3n) is 3.68. The second-order valence-corrected chi connectivity index (χ2v) is 6.68. The summed E-state index contributed by atoms with van der Waals surface area (Å²) in [7, 11) is 2.49. The van der Waals surface area contributed by atoms with Crippen molar-refractivity contribution in [3.63, 3.8) is 0 Å². The molecule has 0 saturated carbocycles. The third-order valence-corrected chi connectivity index (χ3v) is 5.04. The third kappa shape index (κ3) is 3.05. The molecule has 2 aromatic rings. The van der Waals surface area contributed by atoms with Crippen LogP contribution in [0.3, 0.4) is 0 Å². The predicted octanol–water partition coefficient (Wildman–Crippen LogP) is 2.48. The number of ether oxygens (including phenoxy) is 3. The van der Waals surface area contributed by atoms with Crippen LogP contribution in [0.1, 0.15) is 0 Å². The molecular weight excluding hydrogens is 462 g/mol. The summed E-state index contributed by atoms with van der Waals surface area (Å²) in [4.78, 5) is 33.3. The van der Waals surface area contributed by atoms with Gasteiger partial charge in [0.25, 0.3) is 0 Å². The first-order chi connectivity index (χ1) is 12.0. The molecule has 25 heavy (non-hydrogen) atoms. The van der Waals surface area contributed by atoms with Gasteiger partial charge in [-0.05, 0) is 37.9 Å². The van der Waals surface area contributed by atoms with Gasteiger partial charge in [-0.2, -0.15) is 0 Å². The van der Waals surface area contributed by atoms with Crippen molar-refractivity contribution in [3.05, 3.63) is 32.6 Å². The average molecular weight is 475 g/mol. The van der Waals surface area contributed by atoms with Crippen molar-refractivity contribution in [2.75, 3.05) is 32.5 Å². The summed E-state index contributed by atoms with van der Waals surface area (Å²) in [5.74, 6) is -1.32. The Kier molecular flexibility index (Phi) is 5.11. The highest BCUT2D eigenvalue weighted by molar-refractivity contribution is 9.11. The number of carbonyl (C=O) groups excluding carboxylic acids is 2. The number of anilines is 1. The molecule has 2 heterocycles. The van der Waals surface area contributed by atoms with Gasteiger partial charge in [0.2, 0.25) is 0 Å². The minimum atomic E-state index is -0.662. The molecule has 0 saturated heterocycles. The predicted molar refractivity (Wildman–Crippen MR) is 95.8 cm³/mol. The fourth-order valence-corrected chi connectivity index (χ4v) is 4.22. The van der Waals surface area contributed by atoms with E-state index >= 15 is 0 Å². The zero-order chi connectivity index (χ0) is 18.1. The van der Waals surface area contributed by atoms with E-state index in [0.717, 1.165) is 5.52 Å². The smallest absolute Gasteiger partial charge is 0.355 e. The van der Waals surface area contributed by atoms with Gasteiger partial charge in [-0.25, -0.2) is 14.6 Å². The highest BCUT2D eigenvalue weighted by Gasteiger charge is 2.34. The van der Waals surface area contributed by atoms with Crippen LogP contribution in [0.2, 0.25) is 0 Å². The van der Waals surface area contributed by atoms with Crippen LogP contribution < -0.4 is 4.90 Å². The monoisotopic (exact) mass is 473 g/mol. The molecule has 0 bridgehead atoms. The first kappa shape index (κ1) is 17.9. The summed E-state index contributed by atoms with van der Waals surface area (Å²) >= 11 is 7.01. The number of hydrogen-bond acceptors (Lipinski definition) is 7. The van der Waals surface area contributed by atoms with Crippen LogP contribution in [0.25, 0.3) is 11.0 Å². The molecule has 10 heteroatoms. The Hall–Kier alpha value is -1.91. The second kappa shape index (κ2) is 7.14. The lowest BCUT2D eigenvalue weighted by Crippen LogP contribution is -2.39. The number of fused-ring (bicyclic) bond motifs is 1. The number of halogens is 2. The fraction of sp³-hybridized carbons (Fsp3) is 0.267. The molecule has 0 spiro atoms. The number of hydrogen-bond donors (Lipinski definition) is 1. The number of imidazole rings is 1. The minimum absolute atomic E-state index is 0.0481. The lowest BCUT2D eigenvalue weighted by Gasteiger charge is -2.32. The first-order valence-corrected chi connectivity index (χ1v) is 8.64. The van der Waals surface area contributed by atoms with Crippen molar-refractivity contribution in [3.8, 4) is 0 Å². The Bertz CT molecular complexity index is 893. The van der Waals surface area contributed by atoms with Crippen molar-refractivity contribution in [1.29, 1.82) is 0 Å². The summed E-state index contributed by atoms with van der Waals surface area (Å²) in [5, 5.41) is 0. The highest BCUT2D eigenvalue weighted by atomic mass is 79.9. The maximum Gasteiger partial charge on any atom is 0.355 e. The Morgan fingerprint density at radius 2 is 2.00 bits per heavy atom. The Labute approximate surface area is 159 Å². The van der Waals surface area contributed by atoms with E-state index in [2.05, 4.69) is 41.8 Å². The van der Waals surface area contributed by atoms with E-state index in [-0.39, 0.29) is 24.6 Å². The van der Waals surface area contributed by atoms with Crippen LogP contribution in [0.15, 0.2) is 32.6 Å². The van der Waals surface area contributed by atoms with Gasteiger partial charge in [-0.15, -0.1) is 0 Å². The lowest BCUT2D eigenvalue weighted by molar-refractivity contribution is -0.140. The molecule has 0 fully saturated rings. The van der Waals surface area contributed by atoms with E-state index < -0.39 is 11.9 Å². The first-order valence-electron chi connectivity index (χ1n) is 7.05.